The van der Waals surface area contributed by atoms with E-state index < -0.39 is 10.8 Å². The van der Waals surface area contributed by atoms with E-state index >= 15 is 0 Å². The van der Waals surface area contributed by atoms with Crippen LogP contribution >= 0.6 is 0 Å². The highest BCUT2D eigenvalue weighted by Crippen LogP contribution is 2.31. The van der Waals surface area contributed by atoms with Gasteiger partial charge in [0.25, 0.3) is 0 Å². The zero-order chi connectivity index (χ0) is 18.4. The van der Waals surface area contributed by atoms with Crippen LogP contribution in [-0.4, -0.2) is 37.6 Å². The van der Waals surface area contributed by atoms with Crippen molar-refractivity contribution >= 4 is 22.7 Å². The van der Waals surface area contributed by atoms with Crippen LogP contribution in [-0.2, 0) is 10.8 Å². The molecule has 0 heterocycles. The first kappa shape index (κ1) is 18.7. The van der Waals surface area contributed by atoms with Gasteiger partial charge in [-0.2, -0.15) is 0 Å². The van der Waals surface area contributed by atoms with E-state index in [4.69, 9.17) is 14.2 Å². The molecule has 2 aromatic rings. The minimum absolute atomic E-state index is 0.248. The number of carbonyl (C=O) groups is 1. The van der Waals surface area contributed by atoms with Gasteiger partial charge in [-0.15, -0.1) is 0 Å². The molecular weight excluding hydrogens is 340 g/mol. The Kier molecular flexibility index (Phi) is 6.36. The van der Waals surface area contributed by atoms with E-state index in [2.05, 4.69) is 0 Å². The maximum atomic E-state index is 12.6. The molecule has 1 unspecified atom stereocenters. The summed E-state index contributed by atoms with van der Waals surface area (Å²) in [4.78, 5) is 13.0. The predicted molar refractivity (Wildman–Crippen MR) is 98.2 cm³/mol. The minimum atomic E-state index is -1.29. The van der Waals surface area contributed by atoms with E-state index in [1.54, 1.807) is 25.3 Å². The highest BCUT2D eigenvalue weighted by molar-refractivity contribution is 7.84. The Morgan fingerprint density at radius 2 is 1.60 bits per heavy atom. The SMILES string of the molecule is COc1ccc(/C=C/C(=O)c2cc(S(C)=O)c(OC)cc2OC)cc1. The number of hydrogen-bond acceptors (Lipinski definition) is 5. The Labute approximate surface area is 149 Å². The number of hydrogen-bond donors (Lipinski definition) is 0. The molecule has 0 bridgehead atoms. The van der Waals surface area contributed by atoms with Crippen LogP contribution in [0.1, 0.15) is 15.9 Å². The smallest absolute Gasteiger partial charge is 0.189 e. The summed E-state index contributed by atoms with van der Waals surface area (Å²) < 4.78 is 27.5. The molecule has 5 nitrogen and oxygen atoms in total. The van der Waals surface area contributed by atoms with Crippen molar-refractivity contribution in [3.63, 3.8) is 0 Å². The number of allylic oxidation sites excluding steroid dienone is 1. The van der Waals surface area contributed by atoms with Gasteiger partial charge >= 0.3 is 0 Å². The van der Waals surface area contributed by atoms with Crippen molar-refractivity contribution in [3.05, 3.63) is 53.6 Å². The van der Waals surface area contributed by atoms with Gasteiger partial charge in [-0.05, 0) is 29.8 Å². The average Bonchev–Trinajstić information content (AvgIpc) is 2.65. The van der Waals surface area contributed by atoms with Crippen molar-refractivity contribution in [3.8, 4) is 17.2 Å². The van der Waals surface area contributed by atoms with E-state index in [1.165, 1.54) is 26.6 Å². The Balaban J connectivity index is 2.35. The molecule has 2 aromatic carbocycles. The van der Waals surface area contributed by atoms with Gasteiger partial charge in [0.05, 0.1) is 42.6 Å². The van der Waals surface area contributed by atoms with Gasteiger partial charge in [-0.1, -0.05) is 18.2 Å². The van der Waals surface area contributed by atoms with E-state index in [1.807, 2.05) is 24.3 Å². The lowest BCUT2D eigenvalue weighted by molar-refractivity contribution is 0.104. The Hall–Kier alpha value is -2.60. The zero-order valence-corrected chi connectivity index (χ0v) is 15.4. The molecule has 2 rings (SSSR count). The number of ketones is 1. The molecule has 1 atom stereocenters. The van der Waals surface area contributed by atoms with Gasteiger partial charge in [0.2, 0.25) is 0 Å². The number of rotatable bonds is 7. The lowest BCUT2D eigenvalue weighted by Crippen LogP contribution is -2.03. The number of benzene rings is 2. The summed E-state index contributed by atoms with van der Waals surface area (Å²) in [7, 11) is 3.26. The number of ether oxygens (including phenoxy) is 3. The highest BCUT2D eigenvalue weighted by atomic mass is 32.2. The molecule has 25 heavy (non-hydrogen) atoms. The molecule has 0 fully saturated rings. The second-order valence-electron chi connectivity index (χ2n) is 5.13. The molecule has 0 aromatic heterocycles. The van der Waals surface area contributed by atoms with Crippen molar-refractivity contribution in [1.29, 1.82) is 0 Å². The molecule has 0 aliphatic rings. The second-order valence-corrected chi connectivity index (χ2v) is 6.48. The van der Waals surface area contributed by atoms with Crippen LogP contribution < -0.4 is 14.2 Å². The first-order chi connectivity index (χ1) is 12.0. The van der Waals surface area contributed by atoms with Crippen molar-refractivity contribution in [1.82, 2.24) is 0 Å². The van der Waals surface area contributed by atoms with Crippen LogP contribution in [0.2, 0.25) is 0 Å². The molecule has 132 valence electrons. The Morgan fingerprint density at radius 3 is 2.12 bits per heavy atom. The fraction of sp³-hybridized carbons (Fsp3) is 0.211. The molecule has 6 heteroatoms. The largest absolute Gasteiger partial charge is 0.497 e. The fourth-order valence-corrected chi connectivity index (χ4v) is 2.97. The molecule has 0 saturated carbocycles. The number of carbonyl (C=O) groups excluding carboxylic acids is 1. The molecule has 0 amide bonds. The van der Waals surface area contributed by atoms with Gasteiger partial charge in [-0.25, -0.2) is 0 Å². The average molecular weight is 360 g/mol. The zero-order valence-electron chi connectivity index (χ0n) is 14.6. The molecule has 0 N–H and O–H groups in total. The summed E-state index contributed by atoms with van der Waals surface area (Å²) in [5.41, 5.74) is 1.19. The standard InChI is InChI=1S/C19H20O5S/c1-22-14-8-5-13(6-9-14)7-10-16(20)15-11-19(25(4)21)18(24-3)12-17(15)23-2/h5-12H,1-4H3/b10-7+. The quantitative estimate of drug-likeness (QED) is 0.560. The van der Waals surface area contributed by atoms with Crippen LogP contribution in [0.25, 0.3) is 6.08 Å². The fourth-order valence-electron chi connectivity index (χ4n) is 2.26. The van der Waals surface area contributed by atoms with Crippen LogP contribution in [0.15, 0.2) is 47.4 Å². The first-order valence-electron chi connectivity index (χ1n) is 7.46. The van der Waals surface area contributed by atoms with Crippen LogP contribution in [0.5, 0.6) is 17.2 Å². The van der Waals surface area contributed by atoms with Gasteiger partial charge in [0, 0.05) is 12.3 Å². The second kappa shape index (κ2) is 8.48. The van der Waals surface area contributed by atoms with E-state index in [0.717, 1.165) is 11.3 Å². The third-order valence-corrected chi connectivity index (χ3v) is 4.54. The molecule has 0 radical (unpaired) electrons. The summed E-state index contributed by atoms with van der Waals surface area (Å²) in [6.45, 7) is 0. The third-order valence-electron chi connectivity index (χ3n) is 3.60. The molecule has 0 aliphatic heterocycles. The molecule has 0 aliphatic carbocycles. The monoisotopic (exact) mass is 360 g/mol. The van der Waals surface area contributed by atoms with Gasteiger partial charge in [0.1, 0.15) is 17.2 Å². The van der Waals surface area contributed by atoms with E-state index in [9.17, 15) is 9.00 Å². The molecule has 0 saturated heterocycles. The summed E-state index contributed by atoms with van der Waals surface area (Å²) >= 11 is 0. The maximum Gasteiger partial charge on any atom is 0.189 e. The van der Waals surface area contributed by atoms with Gasteiger partial charge in [-0.3, -0.25) is 9.00 Å². The maximum absolute atomic E-state index is 12.6. The van der Waals surface area contributed by atoms with Crippen molar-refractivity contribution in [2.75, 3.05) is 27.6 Å². The lowest BCUT2D eigenvalue weighted by Gasteiger charge is -2.12. The van der Waals surface area contributed by atoms with Crippen molar-refractivity contribution in [2.24, 2.45) is 0 Å². The summed E-state index contributed by atoms with van der Waals surface area (Å²) in [6.07, 6.45) is 4.69. The van der Waals surface area contributed by atoms with E-state index in [0.29, 0.717) is 22.0 Å². The van der Waals surface area contributed by atoms with Crippen molar-refractivity contribution < 1.29 is 23.2 Å². The Bertz CT molecular complexity index is 809. The van der Waals surface area contributed by atoms with Crippen LogP contribution in [0, 0.1) is 0 Å². The molecule has 0 spiro atoms. The Morgan fingerprint density at radius 1 is 0.960 bits per heavy atom. The van der Waals surface area contributed by atoms with Crippen molar-refractivity contribution in [2.45, 2.75) is 4.90 Å². The lowest BCUT2D eigenvalue weighted by atomic mass is 10.1. The normalized spacial score (nSPS) is 12.0. The topological polar surface area (TPSA) is 61.8 Å². The number of methoxy groups -OCH3 is 3. The summed E-state index contributed by atoms with van der Waals surface area (Å²) in [6, 6.07) is 10.5. The summed E-state index contributed by atoms with van der Waals surface area (Å²) in [5.74, 6) is 1.29. The van der Waals surface area contributed by atoms with Crippen LogP contribution in [0.4, 0.5) is 0 Å². The van der Waals surface area contributed by atoms with Gasteiger partial charge < -0.3 is 14.2 Å². The molecular formula is C19H20O5S. The van der Waals surface area contributed by atoms with Gasteiger partial charge in [0.15, 0.2) is 5.78 Å². The summed E-state index contributed by atoms with van der Waals surface area (Å²) in [5, 5.41) is 0. The minimum Gasteiger partial charge on any atom is -0.497 e. The van der Waals surface area contributed by atoms with Crippen LogP contribution in [0.3, 0.4) is 0 Å². The van der Waals surface area contributed by atoms with E-state index in [-0.39, 0.29) is 5.78 Å². The highest BCUT2D eigenvalue weighted by Gasteiger charge is 2.17. The third kappa shape index (κ3) is 4.48. The predicted octanol–water partition coefficient (Wildman–Crippen LogP) is 3.35. The first-order valence-corrected chi connectivity index (χ1v) is 9.02.